The van der Waals surface area contributed by atoms with E-state index in [-0.39, 0.29) is 5.75 Å². The van der Waals surface area contributed by atoms with Gasteiger partial charge in [0.2, 0.25) is 0 Å². The fourth-order valence-corrected chi connectivity index (χ4v) is 4.39. The van der Waals surface area contributed by atoms with Crippen molar-refractivity contribution in [2.75, 3.05) is 11.9 Å². The summed E-state index contributed by atoms with van der Waals surface area (Å²) >= 11 is 1.01. The topological polar surface area (TPSA) is 166 Å². The Morgan fingerprint density at radius 1 is 1.07 bits per heavy atom. The van der Waals surface area contributed by atoms with Gasteiger partial charge >= 0.3 is 6.03 Å². The molecule has 2 aromatic carbocycles. The molecule has 9 nitrogen and oxygen atoms in total. The fourth-order valence-electron chi connectivity index (χ4n) is 3.16. The number of nitrogens with one attached hydrogen (secondary N) is 1. The zero-order valence-corrected chi connectivity index (χ0v) is 16.7. The van der Waals surface area contributed by atoms with Crippen LogP contribution >= 0.6 is 11.8 Å². The monoisotopic (exact) mass is 436 g/mol. The number of aliphatic hydroxyl groups is 4. The molecule has 0 spiro atoms. The molecule has 2 aromatic rings. The average Bonchev–Trinajstić information content (AvgIpc) is 2.71. The Kier molecular flexibility index (Phi) is 7.06. The Hall–Kier alpha value is -2.50. The van der Waals surface area contributed by atoms with Crippen molar-refractivity contribution in [1.29, 1.82) is 0 Å². The van der Waals surface area contributed by atoms with E-state index in [0.29, 0.717) is 23.4 Å². The van der Waals surface area contributed by atoms with Crippen molar-refractivity contribution in [3.63, 3.8) is 0 Å². The first-order chi connectivity index (χ1) is 14.3. The van der Waals surface area contributed by atoms with E-state index in [1.54, 1.807) is 30.3 Å². The standard InChI is InChI=1S/C20H24N2O7S/c21-20(28)22-12-4-1-10(2-5-12)7-11-3-6-13(24)8-14(11)29-19-18(27)17(26)16(25)15(9-23)30-19/h1-6,8,15-19,23-27H,7,9H2,(H3,21,22,28)/t15-,16-,17+,18-,19-/m1/s1. The maximum absolute atomic E-state index is 10.9. The summed E-state index contributed by atoms with van der Waals surface area (Å²) in [5, 5.41) is 51.3. The van der Waals surface area contributed by atoms with Crippen molar-refractivity contribution in [2.45, 2.75) is 35.4 Å². The van der Waals surface area contributed by atoms with Gasteiger partial charge in [-0.15, -0.1) is 11.8 Å². The van der Waals surface area contributed by atoms with E-state index in [9.17, 15) is 30.3 Å². The molecule has 5 atom stereocenters. The quantitative estimate of drug-likeness (QED) is 0.341. The van der Waals surface area contributed by atoms with E-state index >= 15 is 0 Å². The lowest BCUT2D eigenvalue weighted by Crippen LogP contribution is -2.55. The van der Waals surface area contributed by atoms with Crippen molar-refractivity contribution < 1.29 is 35.1 Å². The number of thioether (sulfide) groups is 1. The average molecular weight is 436 g/mol. The highest BCUT2D eigenvalue weighted by Crippen LogP contribution is 2.36. The summed E-state index contributed by atoms with van der Waals surface area (Å²) in [6.45, 7) is -0.395. The molecule has 1 saturated heterocycles. The zero-order chi connectivity index (χ0) is 21.8. The number of primary amides is 1. The number of ether oxygens (including phenoxy) is 1. The van der Waals surface area contributed by atoms with Gasteiger partial charge in [0.25, 0.3) is 0 Å². The number of amides is 2. The smallest absolute Gasteiger partial charge is 0.316 e. The maximum Gasteiger partial charge on any atom is 0.316 e. The van der Waals surface area contributed by atoms with E-state index in [4.69, 9.17) is 10.5 Å². The number of urea groups is 1. The van der Waals surface area contributed by atoms with Gasteiger partial charge in [0.05, 0.1) is 18.0 Å². The predicted molar refractivity (Wildman–Crippen MR) is 111 cm³/mol. The molecule has 162 valence electrons. The molecule has 1 heterocycles. The molecule has 8 N–H and O–H groups in total. The van der Waals surface area contributed by atoms with Crippen molar-refractivity contribution in [2.24, 2.45) is 5.73 Å². The SMILES string of the molecule is NC(=O)Nc1ccc(Cc2ccc(O)cc2O[C@@H]2S[C@H](CO)[C@@H](O)[C@H](O)[C@H]2O)cc1. The number of hydrogen-bond acceptors (Lipinski definition) is 8. The summed E-state index contributed by atoms with van der Waals surface area (Å²) in [7, 11) is 0. The van der Waals surface area contributed by atoms with Crippen molar-refractivity contribution in [3.05, 3.63) is 53.6 Å². The van der Waals surface area contributed by atoms with Crippen LogP contribution in [0.15, 0.2) is 42.5 Å². The minimum absolute atomic E-state index is 0.0376. The van der Waals surface area contributed by atoms with Crippen LogP contribution in [-0.4, -0.2) is 67.2 Å². The summed E-state index contributed by atoms with van der Waals surface area (Å²) < 4.78 is 5.88. The molecule has 30 heavy (non-hydrogen) atoms. The molecule has 0 radical (unpaired) electrons. The number of rotatable bonds is 6. The van der Waals surface area contributed by atoms with E-state index in [1.165, 1.54) is 12.1 Å². The van der Waals surface area contributed by atoms with Crippen LogP contribution in [0.5, 0.6) is 11.5 Å². The molecule has 1 aliphatic heterocycles. The summed E-state index contributed by atoms with van der Waals surface area (Å²) in [6, 6.07) is 10.9. The molecule has 0 aromatic heterocycles. The molecular weight excluding hydrogens is 412 g/mol. The number of aliphatic hydroxyl groups excluding tert-OH is 4. The van der Waals surface area contributed by atoms with E-state index in [2.05, 4.69) is 5.32 Å². The summed E-state index contributed by atoms with van der Waals surface area (Å²) in [4.78, 5) is 10.9. The minimum Gasteiger partial charge on any atom is -0.508 e. The molecule has 0 bridgehead atoms. The van der Waals surface area contributed by atoms with Gasteiger partial charge in [0.15, 0.2) is 5.44 Å². The number of nitrogens with two attached hydrogens (primary N) is 1. The van der Waals surface area contributed by atoms with Crippen LogP contribution in [0.25, 0.3) is 0 Å². The van der Waals surface area contributed by atoms with Crippen LogP contribution in [0.3, 0.4) is 0 Å². The van der Waals surface area contributed by atoms with Crippen molar-refractivity contribution in [3.8, 4) is 11.5 Å². The molecule has 10 heteroatoms. The molecule has 1 fully saturated rings. The third kappa shape index (κ3) is 5.15. The maximum atomic E-state index is 10.9. The normalized spacial score (nSPS) is 26.2. The van der Waals surface area contributed by atoms with Gasteiger partial charge in [-0.2, -0.15) is 0 Å². The highest BCUT2D eigenvalue weighted by molar-refractivity contribution is 8.00. The van der Waals surface area contributed by atoms with Crippen molar-refractivity contribution in [1.82, 2.24) is 0 Å². The first-order valence-corrected chi connectivity index (χ1v) is 10.2. The second-order valence-electron chi connectivity index (χ2n) is 6.97. The van der Waals surface area contributed by atoms with Gasteiger partial charge in [-0.05, 0) is 29.3 Å². The molecule has 0 saturated carbocycles. The van der Waals surface area contributed by atoms with Crippen molar-refractivity contribution >= 4 is 23.5 Å². The number of phenols is 1. The Morgan fingerprint density at radius 3 is 2.40 bits per heavy atom. The van der Waals surface area contributed by atoms with Gasteiger partial charge in [0, 0.05) is 18.2 Å². The van der Waals surface area contributed by atoms with Gasteiger partial charge in [0.1, 0.15) is 23.7 Å². The van der Waals surface area contributed by atoms with Gasteiger partial charge in [-0.1, -0.05) is 18.2 Å². The first kappa shape index (κ1) is 22.2. The highest BCUT2D eigenvalue weighted by atomic mass is 32.2. The van der Waals surface area contributed by atoms with Gasteiger partial charge in [-0.3, -0.25) is 0 Å². The highest BCUT2D eigenvalue weighted by Gasteiger charge is 2.44. The summed E-state index contributed by atoms with van der Waals surface area (Å²) in [6.07, 6.45) is -3.72. The number of phenolic OH excluding ortho intramolecular Hbond substituents is 1. The number of benzene rings is 2. The van der Waals surface area contributed by atoms with Crippen LogP contribution in [0.2, 0.25) is 0 Å². The number of hydrogen-bond donors (Lipinski definition) is 7. The molecule has 3 rings (SSSR count). The third-order valence-electron chi connectivity index (χ3n) is 4.76. The fraction of sp³-hybridized carbons (Fsp3) is 0.350. The van der Waals surface area contributed by atoms with E-state index in [1.807, 2.05) is 0 Å². The number of carbonyl (C=O) groups excluding carboxylic acids is 1. The second-order valence-corrected chi connectivity index (χ2v) is 8.31. The van der Waals surface area contributed by atoms with Crippen LogP contribution in [0, 0.1) is 0 Å². The second kappa shape index (κ2) is 9.54. The lowest BCUT2D eigenvalue weighted by molar-refractivity contribution is -0.0910. The Morgan fingerprint density at radius 2 is 1.77 bits per heavy atom. The molecule has 0 aliphatic carbocycles. The largest absolute Gasteiger partial charge is 0.508 e. The lowest BCUT2D eigenvalue weighted by atomic mass is 10.0. The molecular formula is C20H24N2O7S. The Labute approximate surface area is 177 Å². The number of anilines is 1. The van der Waals surface area contributed by atoms with Crippen LogP contribution in [0.4, 0.5) is 10.5 Å². The number of aromatic hydroxyl groups is 1. The minimum atomic E-state index is -1.47. The third-order valence-corrected chi connectivity index (χ3v) is 6.18. The van der Waals surface area contributed by atoms with E-state index < -0.39 is 41.6 Å². The van der Waals surface area contributed by atoms with E-state index in [0.717, 1.165) is 17.3 Å². The van der Waals surface area contributed by atoms with Gasteiger partial charge < -0.3 is 41.3 Å². The lowest BCUT2D eigenvalue weighted by Gasteiger charge is -2.39. The summed E-state index contributed by atoms with van der Waals surface area (Å²) in [5.41, 5.74) is 6.29. The summed E-state index contributed by atoms with van der Waals surface area (Å²) in [5.74, 6) is 0.260. The van der Waals surface area contributed by atoms with Crippen LogP contribution in [-0.2, 0) is 6.42 Å². The molecule has 1 aliphatic rings. The Balaban J connectivity index is 1.79. The molecule has 2 amide bonds. The predicted octanol–water partition coefficient (Wildman–Crippen LogP) is 0.369. The Bertz CT molecular complexity index is 878. The van der Waals surface area contributed by atoms with Crippen LogP contribution in [0.1, 0.15) is 11.1 Å². The van der Waals surface area contributed by atoms with Gasteiger partial charge in [-0.25, -0.2) is 4.79 Å². The number of carbonyl (C=O) groups is 1. The zero-order valence-electron chi connectivity index (χ0n) is 15.9. The van der Waals surface area contributed by atoms with Crippen LogP contribution < -0.4 is 15.8 Å². The first-order valence-electron chi connectivity index (χ1n) is 9.23. The molecule has 0 unspecified atom stereocenters.